The Morgan fingerprint density at radius 3 is 2.50 bits per heavy atom. The first-order chi connectivity index (χ1) is 10.5. The molecule has 1 aliphatic carbocycles. The van der Waals surface area contributed by atoms with E-state index in [-0.39, 0.29) is 29.7 Å². The Morgan fingerprint density at radius 1 is 1.09 bits per heavy atom. The van der Waals surface area contributed by atoms with Gasteiger partial charge in [-0.25, -0.2) is 0 Å². The highest BCUT2D eigenvalue weighted by atomic mass is 16.6. The average Bonchev–Trinajstić information content (AvgIpc) is 3.27. The summed E-state index contributed by atoms with van der Waals surface area (Å²) in [5.74, 6) is 0.697. The van der Waals surface area contributed by atoms with E-state index in [0.29, 0.717) is 36.8 Å². The van der Waals surface area contributed by atoms with Crippen LogP contribution in [0.2, 0.25) is 0 Å². The summed E-state index contributed by atoms with van der Waals surface area (Å²) in [6.45, 7) is 4.85. The number of hydrogen-bond acceptors (Lipinski definition) is 4. The molecule has 0 bridgehead atoms. The van der Waals surface area contributed by atoms with Crippen molar-refractivity contribution in [3.63, 3.8) is 0 Å². The van der Waals surface area contributed by atoms with Crippen LogP contribution in [0.5, 0.6) is 11.5 Å². The summed E-state index contributed by atoms with van der Waals surface area (Å²) >= 11 is 0. The lowest BCUT2D eigenvalue weighted by atomic mass is 10.2. The van der Waals surface area contributed by atoms with Gasteiger partial charge in [0, 0.05) is 17.8 Å². The van der Waals surface area contributed by atoms with Gasteiger partial charge in [-0.2, -0.15) is 0 Å². The third kappa shape index (κ3) is 3.16. The summed E-state index contributed by atoms with van der Waals surface area (Å²) in [6, 6.07) is 5.39. The second-order valence-corrected chi connectivity index (χ2v) is 5.96. The molecule has 1 fully saturated rings. The lowest BCUT2D eigenvalue weighted by Crippen LogP contribution is -2.32. The van der Waals surface area contributed by atoms with Gasteiger partial charge in [0.2, 0.25) is 11.8 Å². The molecule has 118 valence electrons. The van der Waals surface area contributed by atoms with Crippen molar-refractivity contribution in [1.29, 1.82) is 0 Å². The number of carbonyl (C=O) groups excluding carboxylic acids is 2. The molecule has 6 heteroatoms. The standard InChI is InChI=1S/C16H20N2O4/c1-9(2)17-15(19)11-8-12(11)16(20)18-10-3-4-13-14(7-10)22-6-5-21-13/h3-4,7,9,11-12H,5-6,8H2,1-2H3,(H,17,19)(H,18,20). The van der Waals surface area contributed by atoms with Crippen LogP contribution in [-0.2, 0) is 9.59 Å². The van der Waals surface area contributed by atoms with E-state index in [4.69, 9.17) is 9.47 Å². The number of hydrogen-bond donors (Lipinski definition) is 2. The Bertz CT molecular complexity index is 600. The number of fused-ring (bicyclic) bond motifs is 1. The lowest BCUT2D eigenvalue weighted by molar-refractivity contribution is -0.125. The van der Waals surface area contributed by atoms with Gasteiger partial charge in [0.25, 0.3) is 0 Å². The first kappa shape index (κ1) is 14.7. The summed E-state index contributed by atoms with van der Waals surface area (Å²) in [6.07, 6.45) is 0.606. The van der Waals surface area contributed by atoms with E-state index in [2.05, 4.69) is 10.6 Å². The van der Waals surface area contributed by atoms with E-state index in [0.717, 1.165) is 0 Å². The predicted octanol–water partition coefficient (Wildman–Crippen LogP) is 1.56. The number of carbonyl (C=O) groups is 2. The molecule has 1 aromatic rings. The molecule has 22 heavy (non-hydrogen) atoms. The van der Waals surface area contributed by atoms with E-state index in [1.807, 2.05) is 13.8 Å². The van der Waals surface area contributed by atoms with Crippen LogP contribution in [0.25, 0.3) is 0 Å². The number of benzene rings is 1. The second-order valence-electron chi connectivity index (χ2n) is 5.96. The highest BCUT2D eigenvalue weighted by Gasteiger charge is 2.48. The van der Waals surface area contributed by atoms with Gasteiger partial charge in [-0.1, -0.05) is 0 Å². The van der Waals surface area contributed by atoms with E-state index in [1.54, 1.807) is 18.2 Å². The summed E-state index contributed by atoms with van der Waals surface area (Å²) in [7, 11) is 0. The zero-order valence-electron chi connectivity index (χ0n) is 12.7. The van der Waals surface area contributed by atoms with Gasteiger partial charge >= 0.3 is 0 Å². The topological polar surface area (TPSA) is 76.7 Å². The maximum absolute atomic E-state index is 12.2. The number of amides is 2. The fourth-order valence-corrected chi connectivity index (χ4v) is 2.52. The first-order valence-electron chi connectivity index (χ1n) is 7.55. The molecule has 0 radical (unpaired) electrons. The zero-order valence-corrected chi connectivity index (χ0v) is 12.7. The third-order valence-electron chi connectivity index (χ3n) is 3.70. The molecule has 2 aliphatic rings. The van der Waals surface area contributed by atoms with Crippen molar-refractivity contribution in [3.8, 4) is 11.5 Å². The minimum Gasteiger partial charge on any atom is -0.486 e. The van der Waals surface area contributed by atoms with Crippen LogP contribution < -0.4 is 20.1 Å². The second kappa shape index (κ2) is 5.87. The summed E-state index contributed by atoms with van der Waals surface area (Å²) in [5, 5.41) is 5.68. The highest BCUT2D eigenvalue weighted by Crippen LogP contribution is 2.40. The van der Waals surface area contributed by atoms with Crippen molar-refractivity contribution in [2.24, 2.45) is 11.8 Å². The van der Waals surface area contributed by atoms with Crippen molar-refractivity contribution >= 4 is 17.5 Å². The molecule has 0 aromatic heterocycles. The van der Waals surface area contributed by atoms with Crippen LogP contribution in [0.3, 0.4) is 0 Å². The summed E-state index contributed by atoms with van der Waals surface area (Å²) in [5.41, 5.74) is 0.657. The molecule has 2 atom stereocenters. The summed E-state index contributed by atoms with van der Waals surface area (Å²) in [4.78, 5) is 24.0. The number of ether oxygens (including phenoxy) is 2. The van der Waals surface area contributed by atoms with Crippen LogP contribution in [0.1, 0.15) is 20.3 Å². The van der Waals surface area contributed by atoms with E-state index < -0.39 is 0 Å². The van der Waals surface area contributed by atoms with Crippen LogP contribution in [-0.4, -0.2) is 31.1 Å². The summed E-state index contributed by atoms with van der Waals surface area (Å²) < 4.78 is 10.9. The smallest absolute Gasteiger partial charge is 0.228 e. The van der Waals surface area contributed by atoms with Gasteiger partial charge in [0.15, 0.2) is 11.5 Å². The SMILES string of the molecule is CC(C)NC(=O)C1CC1C(=O)Nc1ccc2c(c1)OCCO2. The van der Waals surface area contributed by atoms with Gasteiger partial charge < -0.3 is 20.1 Å². The molecule has 0 spiro atoms. The van der Waals surface area contributed by atoms with E-state index >= 15 is 0 Å². The molecule has 6 nitrogen and oxygen atoms in total. The highest BCUT2D eigenvalue weighted by molar-refractivity contribution is 5.99. The molecular weight excluding hydrogens is 284 g/mol. The van der Waals surface area contributed by atoms with Crippen molar-refractivity contribution in [3.05, 3.63) is 18.2 Å². The van der Waals surface area contributed by atoms with Gasteiger partial charge in [0.1, 0.15) is 13.2 Å². The molecule has 1 aliphatic heterocycles. The molecule has 3 rings (SSSR count). The number of nitrogens with one attached hydrogen (secondary N) is 2. The van der Waals surface area contributed by atoms with E-state index in [9.17, 15) is 9.59 Å². The predicted molar refractivity (Wildman–Crippen MR) is 80.9 cm³/mol. The Kier molecular flexibility index (Phi) is 3.92. The molecular formula is C16H20N2O4. The Hall–Kier alpha value is -2.24. The zero-order chi connectivity index (χ0) is 15.7. The average molecular weight is 304 g/mol. The number of anilines is 1. The number of rotatable bonds is 4. The molecule has 2 unspecified atom stereocenters. The molecule has 1 saturated carbocycles. The molecule has 2 N–H and O–H groups in total. The van der Waals surface area contributed by atoms with Gasteiger partial charge in [-0.15, -0.1) is 0 Å². The van der Waals surface area contributed by atoms with Crippen molar-refractivity contribution in [2.45, 2.75) is 26.3 Å². The molecule has 0 saturated heterocycles. The lowest BCUT2D eigenvalue weighted by Gasteiger charge is -2.19. The van der Waals surface area contributed by atoms with Crippen LogP contribution >= 0.6 is 0 Å². The van der Waals surface area contributed by atoms with Crippen molar-refractivity contribution in [2.75, 3.05) is 18.5 Å². The van der Waals surface area contributed by atoms with Crippen LogP contribution in [0, 0.1) is 11.8 Å². The Balaban J connectivity index is 1.58. The van der Waals surface area contributed by atoms with Gasteiger partial charge in [0.05, 0.1) is 11.8 Å². The fourth-order valence-electron chi connectivity index (χ4n) is 2.52. The third-order valence-corrected chi connectivity index (χ3v) is 3.70. The normalized spacial score (nSPS) is 22.1. The first-order valence-corrected chi connectivity index (χ1v) is 7.55. The largest absolute Gasteiger partial charge is 0.486 e. The van der Waals surface area contributed by atoms with Crippen molar-refractivity contribution < 1.29 is 19.1 Å². The molecule has 1 heterocycles. The fraction of sp³-hybridized carbons (Fsp3) is 0.500. The van der Waals surface area contributed by atoms with E-state index in [1.165, 1.54) is 0 Å². The monoisotopic (exact) mass is 304 g/mol. The quantitative estimate of drug-likeness (QED) is 0.885. The maximum Gasteiger partial charge on any atom is 0.228 e. The van der Waals surface area contributed by atoms with Crippen LogP contribution in [0.4, 0.5) is 5.69 Å². The van der Waals surface area contributed by atoms with Crippen molar-refractivity contribution in [1.82, 2.24) is 5.32 Å². The Labute approximate surface area is 129 Å². The van der Waals surface area contributed by atoms with Crippen LogP contribution in [0.15, 0.2) is 18.2 Å². The molecule has 1 aromatic carbocycles. The van der Waals surface area contributed by atoms with Gasteiger partial charge in [-0.05, 0) is 32.4 Å². The minimum absolute atomic E-state index is 0.0441. The van der Waals surface area contributed by atoms with Gasteiger partial charge in [-0.3, -0.25) is 9.59 Å². The maximum atomic E-state index is 12.2. The minimum atomic E-state index is -0.244. The molecule has 2 amide bonds. The Morgan fingerprint density at radius 2 is 1.77 bits per heavy atom.